The summed E-state index contributed by atoms with van der Waals surface area (Å²) in [5.41, 5.74) is 11.5. The fraction of sp³-hybridized carbons (Fsp3) is 0.333. The highest BCUT2D eigenvalue weighted by molar-refractivity contribution is 6.02. The van der Waals surface area contributed by atoms with E-state index in [1.165, 1.54) is 0 Å². The predicted molar refractivity (Wildman–Crippen MR) is 101 cm³/mol. The first-order chi connectivity index (χ1) is 12.0. The highest BCUT2D eigenvalue weighted by atomic mass is 16.2. The minimum Gasteiger partial charge on any atom is -0.398 e. The SMILES string of the molecule is Cc1ccc(C)c(C(=O)CCC(=O)N2CCCc3c(N)cccc32)c1. The molecular formula is C21H24N2O2. The lowest BCUT2D eigenvalue weighted by Gasteiger charge is -2.30. The molecule has 0 fully saturated rings. The molecule has 0 radical (unpaired) electrons. The zero-order valence-electron chi connectivity index (χ0n) is 14.8. The zero-order valence-corrected chi connectivity index (χ0v) is 14.8. The van der Waals surface area contributed by atoms with Gasteiger partial charge in [0, 0.05) is 36.3 Å². The Balaban J connectivity index is 1.71. The fourth-order valence-electron chi connectivity index (χ4n) is 3.44. The van der Waals surface area contributed by atoms with Crippen LogP contribution in [-0.2, 0) is 11.2 Å². The van der Waals surface area contributed by atoms with Crippen molar-refractivity contribution in [2.75, 3.05) is 17.2 Å². The monoisotopic (exact) mass is 336 g/mol. The minimum absolute atomic E-state index is 0.00907. The molecule has 0 aliphatic carbocycles. The normalized spacial score (nSPS) is 13.4. The Kier molecular flexibility index (Phi) is 4.88. The van der Waals surface area contributed by atoms with Crippen LogP contribution in [0, 0.1) is 13.8 Å². The Bertz CT molecular complexity index is 827. The summed E-state index contributed by atoms with van der Waals surface area (Å²) in [6.45, 7) is 4.58. The maximum atomic E-state index is 12.7. The van der Waals surface area contributed by atoms with Crippen LogP contribution in [0.1, 0.15) is 46.3 Å². The minimum atomic E-state index is -0.00907. The van der Waals surface area contributed by atoms with Crippen molar-refractivity contribution in [1.82, 2.24) is 0 Å². The Labute approximate surface area is 148 Å². The van der Waals surface area contributed by atoms with E-state index in [0.717, 1.165) is 46.5 Å². The number of anilines is 2. The average molecular weight is 336 g/mol. The van der Waals surface area contributed by atoms with Gasteiger partial charge in [0.25, 0.3) is 0 Å². The number of carbonyl (C=O) groups is 2. The molecule has 130 valence electrons. The summed E-state index contributed by atoms with van der Waals surface area (Å²) in [4.78, 5) is 27.0. The first-order valence-corrected chi connectivity index (χ1v) is 8.75. The van der Waals surface area contributed by atoms with Crippen molar-refractivity contribution in [2.24, 2.45) is 0 Å². The number of nitrogens with zero attached hydrogens (tertiary/aromatic N) is 1. The van der Waals surface area contributed by atoms with Crippen LogP contribution in [0.5, 0.6) is 0 Å². The number of Topliss-reactive ketones (excluding diaryl/α,β-unsaturated/α-hetero) is 1. The molecule has 1 aliphatic rings. The van der Waals surface area contributed by atoms with Gasteiger partial charge in [-0.05, 0) is 56.0 Å². The highest BCUT2D eigenvalue weighted by Gasteiger charge is 2.24. The number of carbonyl (C=O) groups excluding carboxylic acids is 2. The molecular weight excluding hydrogens is 312 g/mol. The van der Waals surface area contributed by atoms with Gasteiger partial charge < -0.3 is 10.6 Å². The smallest absolute Gasteiger partial charge is 0.227 e. The number of aryl methyl sites for hydroxylation is 2. The van der Waals surface area contributed by atoms with Gasteiger partial charge in [-0.3, -0.25) is 9.59 Å². The van der Waals surface area contributed by atoms with E-state index < -0.39 is 0 Å². The van der Waals surface area contributed by atoms with Crippen LogP contribution in [0.3, 0.4) is 0 Å². The molecule has 25 heavy (non-hydrogen) atoms. The third kappa shape index (κ3) is 3.58. The van der Waals surface area contributed by atoms with Crippen molar-refractivity contribution in [1.29, 1.82) is 0 Å². The second kappa shape index (κ2) is 7.09. The third-order valence-electron chi connectivity index (χ3n) is 4.85. The molecule has 1 aliphatic heterocycles. The summed E-state index contributed by atoms with van der Waals surface area (Å²) in [5.74, 6) is 0.0181. The van der Waals surface area contributed by atoms with Gasteiger partial charge in [0.2, 0.25) is 5.91 Å². The van der Waals surface area contributed by atoms with Crippen LogP contribution in [-0.4, -0.2) is 18.2 Å². The van der Waals surface area contributed by atoms with Crippen LogP contribution in [0.4, 0.5) is 11.4 Å². The van der Waals surface area contributed by atoms with Gasteiger partial charge in [-0.1, -0.05) is 23.8 Å². The fourth-order valence-corrected chi connectivity index (χ4v) is 3.44. The lowest BCUT2D eigenvalue weighted by molar-refractivity contribution is -0.118. The molecule has 0 saturated carbocycles. The van der Waals surface area contributed by atoms with Crippen molar-refractivity contribution < 1.29 is 9.59 Å². The first-order valence-electron chi connectivity index (χ1n) is 8.75. The predicted octanol–water partition coefficient (Wildman–Crippen LogP) is 3.83. The van der Waals surface area contributed by atoms with Crippen molar-refractivity contribution in [3.63, 3.8) is 0 Å². The highest BCUT2D eigenvalue weighted by Crippen LogP contribution is 2.31. The number of nitrogen functional groups attached to an aromatic ring is 1. The number of amides is 1. The van der Waals surface area contributed by atoms with E-state index in [9.17, 15) is 9.59 Å². The summed E-state index contributed by atoms with van der Waals surface area (Å²) in [6, 6.07) is 11.5. The van der Waals surface area contributed by atoms with Crippen molar-refractivity contribution in [3.8, 4) is 0 Å². The lowest BCUT2D eigenvalue weighted by atomic mass is 9.97. The van der Waals surface area contributed by atoms with Gasteiger partial charge in [0.1, 0.15) is 0 Å². The second-order valence-electron chi connectivity index (χ2n) is 6.74. The van der Waals surface area contributed by atoms with E-state index in [1.807, 2.05) is 50.2 Å². The molecule has 1 amide bonds. The van der Waals surface area contributed by atoms with Crippen molar-refractivity contribution in [2.45, 2.75) is 39.5 Å². The van der Waals surface area contributed by atoms with Crippen LogP contribution >= 0.6 is 0 Å². The van der Waals surface area contributed by atoms with Crippen LogP contribution < -0.4 is 10.6 Å². The Morgan fingerprint density at radius 2 is 1.92 bits per heavy atom. The first kappa shape index (κ1) is 17.2. The number of hydrogen-bond acceptors (Lipinski definition) is 3. The van der Waals surface area contributed by atoms with E-state index >= 15 is 0 Å². The molecule has 1 heterocycles. The second-order valence-corrected chi connectivity index (χ2v) is 6.74. The molecule has 0 aromatic heterocycles. The van der Waals surface area contributed by atoms with E-state index in [-0.39, 0.29) is 24.5 Å². The van der Waals surface area contributed by atoms with E-state index in [0.29, 0.717) is 6.54 Å². The van der Waals surface area contributed by atoms with Gasteiger partial charge in [0.15, 0.2) is 5.78 Å². The number of hydrogen-bond donors (Lipinski definition) is 1. The Morgan fingerprint density at radius 3 is 2.72 bits per heavy atom. The number of benzene rings is 2. The van der Waals surface area contributed by atoms with Gasteiger partial charge in [-0.25, -0.2) is 0 Å². The van der Waals surface area contributed by atoms with Crippen molar-refractivity contribution >= 4 is 23.1 Å². The zero-order chi connectivity index (χ0) is 18.0. The molecule has 4 heteroatoms. The quantitative estimate of drug-likeness (QED) is 0.682. The molecule has 2 aromatic rings. The van der Waals surface area contributed by atoms with Crippen LogP contribution in [0.15, 0.2) is 36.4 Å². The van der Waals surface area contributed by atoms with E-state index in [4.69, 9.17) is 5.73 Å². The third-order valence-corrected chi connectivity index (χ3v) is 4.85. The van der Waals surface area contributed by atoms with Crippen molar-refractivity contribution in [3.05, 3.63) is 58.7 Å². The average Bonchev–Trinajstić information content (AvgIpc) is 2.61. The van der Waals surface area contributed by atoms with Gasteiger partial charge in [0.05, 0.1) is 0 Å². The van der Waals surface area contributed by atoms with Gasteiger partial charge in [-0.2, -0.15) is 0 Å². The summed E-state index contributed by atoms with van der Waals surface area (Å²) < 4.78 is 0. The van der Waals surface area contributed by atoms with Gasteiger partial charge >= 0.3 is 0 Å². The molecule has 0 unspecified atom stereocenters. The Hall–Kier alpha value is -2.62. The van der Waals surface area contributed by atoms with Gasteiger partial charge in [-0.15, -0.1) is 0 Å². The molecule has 4 nitrogen and oxygen atoms in total. The molecule has 0 bridgehead atoms. The number of rotatable bonds is 4. The molecule has 0 atom stereocenters. The molecule has 2 aromatic carbocycles. The summed E-state index contributed by atoms with van der Waals surface area (Å²) in [5, 5.41) is 0. The van der Waals surface area contributed by atoms with Crippen LogP contribution in [0.25, 0.3) is 0 Å². The van der Waals surface area contributed by atoms with E-state index in [1.54, 1.807) is 4.90 Å². The molecule has 2 N–H and O–H groups in total. The molecule has 0 saturated heterocycles. The van der Waals surface area contributed by atoms with Crippen LogP contribution in [0.2, 0.25) is 0 Å². The molecule has 0 spiro atoms. The summed E-state index contributed by atoms with van der Waals surface area (Å²) in [6.07, 6.45) is 2.25. The van der Waals surface area contributed by atoms with E-state index in [2.05, 4.69) is 0 Å². The largest absolute Gasteiger partial charge is 0.398 e. The maximum absolute atomic E-state index is 12.7. The molecule has 3 rings (SSSR count). The number of ketones is 1. The maximum Gasteiger partial charge on any atom is 0.227 e. The standard InChI is InChI=1S/C21H24N2O2/c1-14-8-9-15(2)17(13-14)20(24)10-11-21(25)23-12-4-5-16-18(22)6-3-7-19(16)23/h3,6-9,13H,4-5,10-12,22H2,1-2H3. The number of fused-ring (bicyclic) bond motifs is 1. The lowest BCUT2D eigenvalue weighted by Crippen LogP contribution is -2.35. The topological polar surface area (TPSA) is 63.4 Å². The number of nitrogens with two attached hydrogens (primary N) is 1. The Morgan fingerprint density at radius 1 is 1.12 bits per heavy atom. The summed E-state index contributed by atoms with van der Waals surface area (Å²) >= 11 is 0. The summed E-state index contributed by atoms with van der Waals surface area (Å²) in [7, 11) is 0.